The molecule has 2 aromatic rings. The number of nitriles is 1. The lowest BCUT2D eigenvalue weighted by atomic mass is 10.1. The molecule has 70 valence electrons. The van der Waals surface area contributed by atoms with E-state index in [1.165, 1.54) is 10.3 Å². The number of thiophene rings is 1. The van der Waals surface area contributed by atoms with E-state index in [4.69, 9.17) is 5.26 Å². The number of aryl methyl sites for hydroxylation is 1. The molecule has 1 nitrogen and oxygen atoms in total. The van der Waals surface area contributed by atoms with Crippen molar-refractivity contribution in [3.8, 4) is 6.07 Å². The summed E-state index contributed by atoms with van der Waals surface area (Å²) >= 11 is 3.34. The minimum atomic E-state index is 0.819. The Balaban J connectivity index is 2.91. The molecule has 0 spiro atoms. The highest BCUT2D eigenvalue weighted by Gasteiger charge is 2.09. The largest absolute Gasteiger partial charge is 0.192 e. The van der Waals surface area contributed by atoms with E-state index in [0.717, 1.165) is 15.8 Å². The predicted octanol–water partition coefficient (Wildman–Crippen LogP) is 3.80. The molecule has 1 aromatic carbocycles. The van der Waals surface area contributed by atoms with Crippen LogP contribution in [0.4, 0.5) is 0 Å². The normalized spacial score (nSPS) is 10.4. The summed E-state index contributed by atoms with van der Waals surface area (Å²) in [5.41, 5.74) is 2.08. The minimum absolute atomic E-state index is 0.819. The molecule has 2 rings (SSSR count). The topological polar surface area (TPSA) is 23.8 Å². The third kappa shape index (κ3) is 1.31. The molecule has 0 aliphatic rings. The quantitative estimate of drug-likeness (QED) is 0.681. The molecule has 0 N–H and O–H groups in total. The smallest absolute Gasteiger partial charge is 0.101 e. The number of nitrogens with zero attached hydrogens (tertiary/aromatic N) is 1. The van der Waals surface area contributed by atoms with E-state index in [0.29, 0.717) is 0 Å². The molecule has 0 saturated heterocycles. The number of fused-ring (bicyclic) bond motifs is 1. The van der Waals surface area contributed by atoms with Crippen LogP contribution in [0.2, 0.25) is 0 Å². The van der Waals surface area contributed by atoms with Gasteiger partial charge in [0.25, 0.3) is 0 Å². The first-order valence-corrected chi connectivity index (χ1v) is 6.33. The summed E-state index contributed by atoms with van der Waals surface area (Å²) in [4.78, 5) is 1.08. The third-order valence-electron chi connectivity index (χ3n) is 2.22. The van der Waals surface area contributed by atoms with Gasteiger partial charge in [-0.05, 0) is 36.3 Å². The molecule has 0 aliphatic heterocycles. The van der Waals surface area contributed by atoms with Crippen molar-refractivity contribution >= 4 is 33.2 Å². The van der Waals surface area contributed by atoms with Crippen molar-refractivity contribution in [1.82, 2.24) is 0 Å². The lowest BCUT2D eigenvalue weighted by molar-refractivity contribution is 1.37. The number of benzene rings is 1. The molecule has 14 heavy (non-hydrogen) atoms. The monoisotopic (exact) mass is 219 g/mol. The fraction of sp³-hybridized carbons (Fsp3) is 0.182. The Labute approximate surface area is 91.4 Å². The molecule has 1 aromatic heterocycles. The highest BCUT2D eigenvalue weighted by atomic mass is 32.2. The van der Waals surface area contributed by atoms with Crippen molar-refractivity contribution in [1.29, 1.82) is 5.26 Å². The van der Waals surface area contributed by atoms with Crippen LogP contribution in [-0.4, -0.2) is 6.26 Å². The van der Waals surface area contributed by atoms with Crippen molar-refractivity contribution in [3.63, 3.8) is 0 Å². The molecule has 0 atom stereocenters. The summed E-state index contributed by atoms with van der Waals surface area (Å²) in [6, 6.07) is 6.42. The van der Waals surface area contributed by atoms with Crippen LogP contribution in [0.15, 0.2) is 22.4 Å². The van der Waals surface area contributed by atoms with Gasteiger partial charge in [-0.15, -0.1) is 23.1 Å². The predicted molar refractivity (Wildman–Crippen MR) is 63.1 cm³/mol. The van der Waals surface area contributed by atoms with Crippen LogP contribution in [0.25, 0.3) is 10.1 Å². The van der Waals surface area contributed by atoms with Crippen molar-refractivity contribution in [3.05, 3.63) is 28.6 Å². The molecule has 1 heterocycles. The summed E-state index contributed by atoms with van der Waals surface area (Å²) in [6.07, 6.45) is 2.01. The Morgan fingerprint density at radius 1 is 1.50 bits per heavy atom. The Morgan fingerprint density at radius 3 is 2.93 bits per heavy atom. The van der Waals surface area contributed by atoms with Gasteiger partial charge in [-0.3, -0.25) is 0 Å². The molecule has 0 bridgehead atoms. The van der Waals surface area contributed by atoms with E-state index in [2.05, 4.69) is 19.1 Å². The summed E-state index contributed by atoms with van der Waals surface area (Å²) in [5.74, 6) is 0. The van der Waals surface area contributed by atoms with E-state index in [9.17, 15) is 0 Å². The van der Waals surface area contributed by atoms with E-state index >= 15 is 0 Å². The van der Waals surface area contributed by atoms with Crippen LogP contribution in [-0.2, 0) is 0 Å². The van der Waals surface area contributed by atoms with Crippen molar-refractivity contribution in [2.75, 3.05) is 6.26 Å². The first-order chi connectivity index (χ1) is 6.77. The Bertz CT molecular complexity index is 520. The molecule has 0 amide bonds. The van der Waals surface area contributed by atoms with Gasteiger partial charge in [-0.1, -0.05) is 0 Å². The minimum Gasteiger partial charge on any atom is -0.192 e. The highest BCUT2D eigenvalue weighted by molar-refractivity contribution is 7.98. The van der Waals surface area contributed by atoms with Crippen molar-refractivity contribution in [2.45, 2.75) is 11.8 Å². The van der Waals surface area contributed by atoms with Gasteiger partial charge in [0.15, 0.2) is 0 Å². The fourth-order valence-corrected chi connectivity index (χ4v) is 3.09. The zero-order chi connectivity index (χ0) is 10.1. The number of hydrogen-bond donors (Lipinski definition) is 0. The first kappa shape index (κ1) is 9.57. The van der Waals surface area contributed by atoms with Crippen LogP contribution in [0.3, 0.4) is 0 Å². The Hall–Kier alpha value is -0.980. The maximum Gasteiger partial charge on any atom is 0.101 e. The van der Waals surface area contributed by atoms with Gasteiger partial charge in [0.05, 0.1) is 5.56 Å². The summed E-state index contributed by atoms with van der Waals surface area (Å²) in [5, 5.41) is 12.2. The first-order valence-electron chi connectivity index (χ1n) is 4.23. The van der Waals surface area contributed by atoms with Crippen molar-refractivity contribution in [2.24, 2.45) is 0 Å². The van der Waals surface area contributed by atoms with Gasteiger partial charge in [-0.25, -0.2) is 0 Å². The maximum absolute atomic E-state index is 9.10. The van der Waals surface area contributed by atoms with Crippen LogP contribution >= 0.6 is 23.1 Å². The molecule has 0 aliphatic carbocycles. The van der Waals surface area contributed by atoms with Gasteiger partial charge < -0.3 is 0 Å². The molecule has 0 fully saturated rings. The number of thioether (sulfide) groups is 1. The maximum atomic E-state index is 9.10. The van der Waals surface area contributed by atoms with Crippen LogP contribution < -0.4 is 0 Å². The van der Waals surface area contributed by atoms with Gasteiger partial charge in [0, 0.05) is 15.0 Å². The zero-order valence-electron chi connectivity index (χ0n) is 8.00. The van der Waals surface area contributed by atoms with E-state index in [1.54, 1.807) is 23.1 Å². The fourth-order valence-electron chi connectivity index (χ4n) is 1.55. The zero-order valence-corrected chi connectivity index (χ0v) is 9.63. The summed E-state index contributed by atoms with van der Waals surface area (Å²) in [7, 11) is 0. The van der Waals surface area contributed by atoms with Gasteiger partial charge in [-0.2, -0.15) is 5.26 Å². The molecular weight excluding hydrogens is 210 g/mol. The second kappa shape index (κ2) is 3.64. The molecule has 3 heteroatoms. The summed E-state index contributed by atoms with van der Waals surface area (Å²) in [6.45, 7) is 2.10. The van der Waals surface area contributed by atoms with Crippen LogP contribution in [0.5, 0.6) is 0 Å². The second-order valence-corrected chi connectivity index (χ2v) is 4.81. The molecule has 0 saturated carbocycles. The Kier molecular flexibility index (Phi) is 2.49. The van der Waals surface area contributed by atoms with E-state index in [1.807, 2.05) is 17.7 Å². The van der Waals surface area contributed by atoms with Gasteiger partial charge in [0.1, 0.15) is 6.07 Å². The lowest BCUT2D eigenvalue weighted by Crippen LogP contribution is -1.84. The van der Waals surface area contributed by atoms with Gasteiger partial charge >= 0.3 is 0 Å². The number of rotatable bonds is 1. The standard InChI is InChI=1S/C11H9NS2/c1-7-5-10(13-2)9(6-12)8-3-4-14-11(7)8/h3-5H,1-2H3. The highest BCUT2D eigenvalue weighted by Crippen LogP contribution is 2.33. The van der Waals surface area contributed by atoms with E-state index in [-0.39, 0.29) is 0 Å². The van der Waals surface area contributed by atoms with Gasteiger partial charge in [0.2, 0.25) is 0 Å². The lowest BCUT2D eigenvalue weighted by Gasteiger charge is -2.04. The number of hydrogen-bond acceptors (Lipinski definition) is 3. The molecular formula is C11H9NS2. The van der Waals surface area contributed by atoms with Crippen LogP contribution in [0, 0.1) is 18.3 Å². The second-order valence-electron chi connectivity index (χ2n) is 3.05. The average Bonchev–Trinajstić information content (AvgIpc) is 2.66. The molecule has 0 unspecified atom stereocenters. The molecule has 0 radical (unpaired) electrons. The van der Waals surface area contributed by atoms with Crippen molar-refractivity contribution < 1.29 is 0 Å². The Morgan fingerprint density at radius 2 is 2.29 bits per heavy atom. The average molecular weight is 219 g/mol. The SMILES string of the molecule is CSc1cc(C)c2sccc2c1C#N. The third-order valence-corrected chi connectivity index (χ3v) is 4.03. The summed E-state index contributed by atoms with van der Waals surface area (Å²) < 4.78 is 1.24. The van der Waals surface area contributed by atoms with Crippen LogP contribution in [0.1, 0.15) is 11.1 Å². The van der Waals surface area contributed by atoms with E-state index < -0.39 is 0 Å².